The largest absolute Gasteiger partial charge is 0.494 e. The number of carbonyl (C=O) groups is 1. The maximum Gasteiger partial charge on any atom is 0.260 e. The Labute approximate surface area is 188 Å². The van der Waals surface area contributed by atoms with Crippen molar-refractivity contribution in [2.24, 2.45) is 0 Å². The average molecular weight is 433 g/mol. The third-order valence-electron chi connectivity index (χ3n) is 5.52. The van der Waals surface area contributed by atoms with E-state index in [1.807, 2.05) is 60.4 Å². The number of piperazine rings is 1. The third-order valence-corrected chi connectivity index (χ3v) is 5.52. The summed E-state index contributed by atoms with van der Waals surface area (Å²) in [5, 5.41) is 8.84. The van der Waals surface area contributed by atoms with Gasteiger partial charge in [0.05, 0.1) is 12.3 Å². The Bertz CT molecular complexity index is 1030. The number of carbonyl (C=O) groups excluding carboxylic acids is 1. The molecule has 0 radical (unpaired) electrons. The number of benzene rings is 2. The fourth-order valence-corrected chi connectivity index (χ4v) is 3.72. The van der Waals surface area contributed by atoms with Gasteiger partial charge in [0.25, 0.3) is 5.91 Å². The number of hydrogen-bond donors (Lipinski definition) is 0. The first-order valence-electron chi connectivity index (χ1n) is 10.9. The molecule has 0 atom stereocenters. The molecule has 166 valence electrons. The van der Waals surface area contributed by atoms with Crippen LogP contribution >= 0.6 is 0 Å². The van der Waals surface area contributed by atoms with E-state index in [1.54, 1.807) is 0 Å². The van der Waals surface area contributed by atoms with E-state index in [-0.39, 0.29) is 12.5 Å². The molecule has 1 aliphatic rings. The van der Waals surface area contributed by atoms with Gasteiger partial charge in [-0.2, -0.15) is 0 Å². The first-order chi connectivity index (χ1) is 15.6. The van der Waals surface area contributed by atoms with Gasteiger partial charge in [-0.05, 0) is 55.8 Å². The van der Waals surface area contributed by atoms with Crippen LogP contribution in [0, 0.1) is 6.92 Å². The minimum Gasteiger partial charge on any atom is -0.494 e. The van der Waals surface area contributed by atoms with Gasteiger partial charge < -0.3 is 19.3 Å². The normalized spacial score (nSPS) is 13.7. The van der Waals surface area contributed by atoms with Crippen LogP contribution in [-0.2, 0) is 4.79 Å². The second kappa shape index (κ2) is 10.1. The molecule has 1 amide bonds. The van der Waals surface area contributed by atoms with Gasteiger partial charge in [0, 0.05) is 31.7 Å². The summed E-state index contributed by atoms with van der Waals surface area (Å²) >= 11 is 0. The molecule has 4 rings (SSSR count). The Balaban J connectivity index is 1.27. The Morgan fingerprint density at radius 3 is 2.19 bits per heavy atom. The first-order valence-corrected chi connectivity index (χ1v) is 10.9. The molecular formula is C25H28N4O3. The van der Waals surface area contributed by atoms with E-state index in [2.05, 4.69) is 34.2 Å². The monoisotopic (exact) mass is 432 g/mol. The second-order valence-corrected chi connectivity index (χ2v) is 7.65. The van der Waals surface area contributed by atoms with Crippen LogP contribution in [0.5, 0.6) is 11.5 Å². The van der Waals surface area contributed by atoms with Crippen LogP contribution in [0.15, 0.2) is 60.7 Å². The summed E-state index contributed by atoms with van der Waals surface area (Å²) in [7, 11) is 0. The smallest absolute Gasteiger partial charge is 0.260 e. The number of ether oxygens (including phenoxy) is 2. The van der Waals surface area contributed by atoms with E-state index in [0.717, 1.165) is 22.8 Å². The van der Waals surface area contributed by atoms with Crippen molar-refractivity contribution < 1.29 is 14.3 Å². The minimum atomic E-state index is -0.0143. The van der Waals surface area contributed by atoms with E-state index < -0.39 is 0 Å². The molecule has 0 N–H and O–H groups in total. The summed E-state index contributed by atoms with van der Waals surface area (Å²) in [6, 6.07) is 19.5. The molecule has 0 aliphatic carbocycles. The molecule has 0 saturated carbocycles. The fraction of sp³-hybridized carbons (Fsp3) is 0.320. The molecule has 1 fully saturated rings. The lowest BCUT2D eigenvalue weighted by atomic mass is 10.1. The average Bonchev–Trinajstić information content (AvgIpc) is 2.84. The topological polar surface area (TPSA) is 67.8 Å². The molecule has 32 heavy (non-hydrogen) atoms. The molecular weight excluding hydrogens is 404 g/mol. The van der Waals surface area contributed by atoms with E-state index in [4.69, 9.17) is 9.47 Å². The Kier molecular flexibility index (Phi) is 6.84. The van der Waals surface area contributed by atoms with Crippen molar-refractivity contribution in [2.75, 3.05) is 44.3 Å². The van der Waals surface area contributed by atoms with Crippen molar-refractivity contribution in [3.05, 3.63) is 66.2 Å². The van der Waals surface area contributed by atoms with Crippen LogP contribution in [0.2, 0.25) is 0 Å². The standard InChI is InChI=1S/C25H28N4O3/c1-3-31-20-8-10-21(11-9-20)32-18-25(30)29-16-14-28(15-17-29)24-13-12-23(26-27-24)22-7-5-4-6-19(22)2/h4-13H,3,14-18H2,1-2H3. The Morgan fingerprint density at radius 1 is 0.875 bits per heavy atom. The molecule has 0 spiro atoms. The summed E-state index contributed by atoms with van der Waals surface area (Å²) in [5.41, 5.74) is 3.13. The van der Waals surface area contributed by atoms with Crippen LogP contribution in [0.3, 0.4) is 0 Å². The molecule has 1 aromatic heterocycles. The number of aryl methyl sites for hydroxylation is 1. The first kappa shape index (κ1) is 21.6. The molecule has 2 aromatic carbocycles. The Morgan fingerprint density at radius 2 is 1.56 bits per heavy atom. The van der Waals surface area contributed by atoms with Crippen molar-refractivity contribution >= 4 is 11.7 Å². The van der Waals surface area contributed by atoms with Gasteiger partial charge in [-0.15, -0.1) is 10.2 Å². The summed E-state index contributed by atoms with van der Waals surface area (Å²) in [4.78, 5) is 16.5. The zero-order valence-corrected chi connectivity index (χ0v) is 18.5. The highest BCUT2D eigenvalue weighted by atomic mass is 16.5. The van der Waals surface area contributed by atoms with Gasteiger partial charge in [0.1, 0.15) is 11.5 Å². The van der Waals surface area contributed by atoms with Gasteiger partial charge in [-0.25, -0.2) is 0 Å². The maximum absolute atomic E-state index is 12.5. The summed E-state index contributed by atoms with van der Waals surface area (Å²) in [6.45, 7) is 7.35. The molecule has 1 aliphatic heterocycles. The minimum absolute atomic E-state index is 0.0143. The van der Waals surface area contributed by atoms with Crippen LogP contribution in [0.25, 0.3) is 11.3 Å². The summed E-state index contributed by atoms with van der Waals surface area (Å²) in [5.74, 6) is 2.27. The lowest BCUT2D eigenvalue weighted by molar-refractivity contribution is -0.133. The van der Waals surface area contributed by atoms with Gasteiger partial charge in [-0.3, -0.25) is 4.79 Å². The van der Waals surface area contributed by atoms with Crippen LogP contribution < -0.4 is 14.4 Å². The number of hydrogen-bond acceptors (Lipinski definition) is 6. The Hall–Kier alpha value is -3.61. The lowest BCUT2D eigenvalue weighted by Gasteiger charge is -2.35. The van der Waals surface area contributed by atoms with E-state index in [1.165, 1.54) is 5.56 Å². The van der Waals surface area contributed by atoms with E-state index >= 15 is 0 Å². The molecule has 2 heterocycles. The highest BCUT2D eigenvalue weighted by Gasteiger charge is 2.22. The zero-order chi connectivity index (χ0) is 22.3. The number of anilines is 1. The maximum atomic E-state index is 12.5. The van der Waals surface area contributed by atoms with Crippen molar-refractivity contribution in [2.45, 2.75) is 13.8 Å². The predicted octanol–water partition coefficient (Wildman–Crippen LogP) is 3.58. The van der Waals surface area contributed by atoms with Gasteiger partial charge in [-0.1, -0.05) is 24.3 Å². The molecule has 7 heteroatoms. The highest BCUT2D eigenvalue weighted by Crippen LogP contribution is 2.22. The number of aromatic nitrogens is 2. The van der Waals surface area contributed by atoms with Gasteiger partial charge in [0.2, 0.25) is 0 Å². The number of rotatable bonds is 7. The summed E-state index contributed by atoms with van der Waals surface area (Å²) < 4.78 is 11.1. The SMILES string of the molecule is CCOc1ccc(OCC(=O)N2CCN(c3ccc(-c4ccccc4C)nn3)CC2)cc1. The zero-order valence-electron chi connectivity index (χ0n) is 18.5. The molecule has 1 saturated heterocycles. The summed E-state index contributed by atoms with van der Waals surface area (Å²) in [6.07, 6.45) is 0. The van der Waals surface area contributed by atoms with Crippen molar-refractivity contribution in [1.29, 1.82) is 0 Å². The molecule has 0 unspecified atom stereocenters. The van der Waals surface area contributed by atoms with Crippen LogP contribution in [0.4, 0.5) is 5.82 Å². The quantitative estimate of drug-likeness (QED) is 0.569. The van der Waals surface area contributed by atoms with E-state index in [0.29, 0.717) is 38.5 Å². The predicted molar refractivity (Wildman–Crippen MR) is 124 cm³/mol. The van der Waals surface area contributed by atoms with Gasteiger partial charge >= 0.3 is 0 Å². The van der Waals surface area contributed by atoms with Crippen LogP contribution in [-0.4, -0.2) is 60.4 Å². The van der Waals surface area contributed by atoms with Crippen molar-refractivity contribution in [3.8, 4) is 22.8 Å². The molecule has 7 nitrogen and oxygen atoms in total. The second-order valence-electron chi connectivity index (χ2n) is 7.65. The van der Waals surface area contributed by atoms with E-state index in [9.17, 15) is 4.79 Å². The van der Waals surface area contributed by atoms with Crippen molar-refractivity contribution in [1.82, 2.24) is 15.1 Å². The number of nitrogens with zero attached hydrogens (tertiary/aromatic N) is 4. The molecule has 0 bridgehead atoms. The third kappa shape index (κ3) is 5.17. The fourth-order valence-electron chi connectivity index (χ4n) is 3.72. The lowest BCUT2D eigenvalue weighted by Crippen LogP contribution is -2.50. The van der Waals surface area contributed by atoms with Crippen LogP contribution in [0.1, 0.15) is 12.5 Å². The highest BCUT2D eigenvalue weighted by molar-refractivity contribution is 5.78. The number of amides is 1. The van der Waals surface area contributed by atoms with Crippen molar-refractivity contribution in [3.63, 3.8) is 0 Å². The van der Waals surface area contributed by atoms with Gasteiger partial charge in [0.15, 0.2) is 12.4 Å². The molecule has 3 aromatic rings.